The maximum atomic E-state index is 12.3. The molecule has 0 aliphatic rings. The first-order chi connectivity index (χ1) is 11.8. The maximum absolute atomic E-state index is 12.3. The van der Waals surface area contributed by atoms with Gasteiger partial charge in [0, 0.05) is 5.33 Å². The molecule has 0 aromatic rings. The Hall–Kier alpha value is -0.0500. The summed E-state index contributed by atoms with van der Waals surface area (Å²) in [6.45, 7) is 5.04. The fourth-order valence-corrected chi connectivity index (χ4v) is 3.42. The Kier molecular flexibility index (Phi) is 19.2. The van der Waals surface area contributed by atoms with E-state index in [1.165, 1.54) is 64.2 Å². The van der Waals surface area contributed by atoms with Crippen LogP contribution in [0.5, 0.6) is 0 Å². The molecule has 0 radical (unpaired) electrons. The fraction of sp³-hybridized carbons (Fsp3) is 0.952. The molecule has 0 amide bonds. The zero-order chi connectivity index (χ0) is 17.9. The highest BCUT2D eigenvalue weighted by Crippen LogP contribution is 2.19. The molecule has 2 nitrogen and oxygen atoms in total. The van der Waals surface area contributed by atoms with Gasteiger partial charge in [-0.25, -0.2) is 0 Å². The molecule has 0 saturated carbocycles. The number of hydrogen-bond acceptors (Lipinski definition) is 2. The van der Waals surface area contributed by atoms with Gasteiger partial charge >= 0.3 is 5.97 Å². The minimum Gasteiger partial charge on any atom is -0.465 e. The topological polar surface area (TPSA) is 26.3 Å². The Bertz CT molecular complexity index is 269. The summed E-state index contributed by atoms with van der Waals surface area (Å²) in [5, 5.41) is 1.13. The van der Waals surface area contributed by atoms with Crippen molar-refractivity contribution < 1.29 is 9.53 Å². The van der Waals surface area contributed by atoms with E-state index >= 15 is 0 Å². The van der Waals surface area contributed by atoms with Crippen molar-refractivity contribution in [3.63, 3.8) is 0 Å². The summed E-state index contributed by atoms with van der Waals surface area (Å²) in [7, 11) is 0. The van der Waals surface area contributed by atoms with Crippen molar-refractivity contribution in [2.24, 2.45) is 5.92 Å². The average molecular weight is 405 g/mol. The second-order valence-electron chi connectivity index (χ2n) is 7.02. The second kappa shape index (κ2) is 19.3. The quantitative estimate of drug-likeness (QED) is 0.135. The summed E-state index contributed by atoms with van der Waals surface area (Å²) in [4.78, 5) is 12.3. The minimum atomic E-state index is 0.0669. The van der Waals surface area contributed by atoms with Gasteiger partial charge in [0.15, 0.2) is 0 Å². The summed E-state index contributed by atoms with van der Waals surface area (Å²) >= 11 is 3.47. The lowest BCUT2D eigenvalue weighted by Gasteiger charge is -2.15. The van der Waals surface area contributed by atoms with Gasteiger partial charge in [-0.05, 0) is 25.7 Å². The lowest BCUT2D eigenvalue weighted by Crippen LogP contribution is -2.18. The van der Waals surface area contributed by atoms with E-state index in [-0.39, 0.29) is 11.9 Å². The lowest BCUT2D eigenvalue weighted by atomic mass is 9.95. The standard InChI is InChI=1S/C21H41BrO2/c1-3-5-7-13-17-20(16-6-4-2)21(23)24-19-15-12-10-8-9-11-14-18-22/h20H,3-19H2,1-2H3. The number of halogens is 1. The zero-order valence-corrected chi connectivity index (χ0v) is 17.9. The van der Waals surface area contributed by atoms with Crippen molar-refractivity contribution in [3.05, 3.63) is 0 Å². The molecule has 0 spiro atoms. The van der Waals surface area contributed by atoms with Crippen molar-refractivity contribution in [3.8, 4) is 0 Å². The van der Waals surface area contributed by atoms with Crippen molar-refractivity contribution in [2.75, 3.05) is 11.9 Å². The van der Waals surface area contributed by atoms with Crippen LogP contribution in [-0.4, -0.2) is 17.9 Å². The Morgan fingerprint density at radius 2 is 1.29 bits per heavy atom. The van der Waals surface area contributed by atoms with Crippen molar-refractivity contribution >= 4 is 21.9 Å². The van der Waals surface area contributed by atoms with E-state index in [9.17, 15) is 4.79 Å². The number of rotatable bonds is 18. The van der Waals surface area contributed by atoms with Crippen LogP contribution < -0.4 is 0 Å². The van der Waals surface area contributed by atoms with Gasteiger partial charge in [-0.15, -0.1) is 0 Å². The Balaban J connectivity index is 3.72. The zero-order valence-electron chi connectivity index (χ0n) is 16.3. The molecule has 24 heavy (non-hydrogen) atoms. The number of esters is 1. The fourth-order valence-electron chi connectivity index (χ4n) is 3.02. The monoisotopic (exact) mass is 404 g/mol. The van der Waals surface area contributed by atoms with Crippen LogP contribution in [0.1, 0.15) is 110 Å². The van der Waals surface area contributed by atoms with Crippen molar-refractivity contribution in [1.82, 2.24) is 0 Å². The molecular formula is C21H41BrO2. The van der Waals surface area contributed by atoms with E-state index in [1.807, 2.05) is 0 Å². The van der Waals surface area contributed by atoms with Gasteiger partial charge < -0.3 is 4.74 Å². The normalized spacial score (nSPS) is 12.3. The van der Waals surface area contributed by atoms with Crippen LogP contribution in [0.15, 0.2) is 0 Å². The van der Waals surface area contributed by atoms with E-state index in [4.69, 9.17) is 4.74 Å². The van der Waals surface area contributed by atoms with Gasteiger partial charge in [-0.1, -0.05) is 100 Å². The Morgan fingerprint density at radius 3 is 1.92 bits per heavy atom. The lowest BCUT2D eigenvalue weighted by molar-refractivity contribution is -0.149. The largest absolute Gasteiger partial charge is 0.465 e. The Labute approximate surface area is 159 Å². The molecule has 1 unspecified atom stereocenters. The average Bonchev–Trinajstić information content (AvgIpc) is 2.59. The molecule has 0 aromatic carbocycles. The predicted octanol–water partition coefficient (Wildman–Crippen LogP) is 7.43. The summed E-state index contributed by atoms with van der Waals surface area (Å²) in [6.07, 6.45) is 18.1. The maximum Gasteiger partial charge on any atom is 0.308 e. The molecule has 0 heterocycles. The number of hydrogen-bond donors (Lipinski definition) is 0. The SMILES string of the molecule is CCCCCCC(CCCC)C(=O)OCCCCCCCCCBr. The highest BCUT2D eigenvalue weighted by molar-refractivity contribution is 9.09. The molecule has 0 aliphatic carbocycles. The molecule has 0 rings (SSSR count). The van der Waals surface area contributed by atoms with E-state index in [2.05, 4.69) is 29.8 Å². The molecule has 0 bridgehead atoms. The van der Waals surface area contributed by atoms with Gasteiger partial charge in [-0.2, -0.15) is 0 Å². The highest BCUT2D eigenvalue weighted by atomic mass is 79.9. The molecule has 1 atom stereocenters. The van der Waals surface area contributed by atoms with Gasteiger partial charge in [0.1, 0.15) is 0 Å². The van der Waals surface area contributed by atoms with Gasteiger partial charge in [0.05, 0.1) is 12.5 Å². The van der Waals surface area contributed by atoms with Crippen LogP contribution in [0.4, 0.5) is 0 Å². The number of carbonyl (C=O) groups excluding carboxylic acids is 1. The molecule has 0 N–H and O–H groups in total. The number of unbranched alkanes of at least 4 members (excludes halogenated alkanes) is 10. The van der Waals surface area contributed by atoms with Gasteiger partial charge in [-0.3, -0.25) is 4.79 Å². The van der Waals surface area contributed by atoms with Crippen LogP contribution in [0, 0.1) is 5.92 Å². The number of carbonyl (C=O) groups is 1. The molecule has 0 saturated heterocycles. The van der Waals surface area contributed by atoms with E-state index in [0.29, 0.717) is 6.61 Å². The summed E-state index contributed by atoms with van der Waals surface area (Å²) in [5.41, 5.74) is 0. The predicted molar refractivity (Wildman–Crippen MR) is 109 cm³/mol. The number of alkyl halides is 1. The molecule has 0 fully saturated rings. The second-order valence-corrected chi connectivity index (χ2v) is 7.81. The summed E-state index contributed by atoms with van der Waals surface area (Å²) in [5.74, 6) is 0.211. The first-order valence-electron chi connectivity index (χ1n) is 10.5. The van der Waals surface area contributed by atoms with Crippen LogP contribution in [0.25, 0.3) is 0 Å². The molecular weight excluding hydrogens is 364 g/mol. The Morgan fingerprint density at radius 1 is 0.750 bits per heavy atom. The third kappa shape index (κ3) is 15.5. The summed E-state index contributed by atoms with van der Waals surface area (Å²) < 4.78 is 5.56. The third-order valence-corrected chi connectivity index (χ3v) is 5.23. The smallest absolute Gasteiger partial charge is 0.308 e. The molecule has 3 heteroatoms. The minimum absolute atomic E-state index is 0.0669. The van der Waals surface area contributed by atoms with Crippen molar-refractivity contribution in [2.45, 2.75) is 110 Å². The highest BCUT2D eigenvalue weighted by Gasteiger charge is 2.18. The third-order valence-electron chi connectivity index (χ3n) is 4.67. The van der Waals surface area contributed by atoms with E-state index in [1.54, 1.807) is 0 Å². The van der Waals surface area contributed by atoms with Gasteiger partial charge in [0.2, 0.25) is 0 Å². The van der Waals surface area contributed by atoms with Gasteiger partial charge in [0.25, 0.3) is 0 Å². The number of ether oxygens (including phenoxy) is 1. The first-order valence-corrected chi connectivity index (χ1v) is 11.6. The van der Waals surface area contributed by atoms with E-state index < -0.39 is 0 Å². The molecule has 144 valence electrons. The van der Waals surface area contributed by atoms with E-state index in [0.717, 1.165) is 37.4 Å². The van der Waals surface area contributed by atoms with Crippen LogP contribution in [0.2, 0.25) is 0 Å². The molecule has 0 aromatic heterocycles. The molecule has 0 aliphatic heterocycles. The van der Waals surface area contributed by atoms with Crippen LogP contribution in [0.3, 0.4) is 0 Å². The van der Waals surface area contributed by atoms with Crippen LogP contribution in [-0.2, 0) is 9.53 Å². The summed E-state index contributed by atoms with van der Waals surface area (Å²) in [6, 6.07) is 0. The van der Waals surface area contributed by atoms with Crippen molar-refractivity contribution in [1.29, 1.82) is 0 Å². The van der Waals surface area contributed by atoms with Crippen LogP contribution >= 0.6 is 15.9 Å². The first kappa shape index (κ1) is 23.9.